The zero-order chi connectivity index (χ0) is 13.0. The molecular formula is C15H24N2O. The fourth-order valence-corrected chi connectivity index (χ4v) is 2.85. The molecule has 0 bridgehead atoms. The van der Waals surface area contributed by atoms with E-state index in [2.05, 4.69) is 16.9 Å². The van der Waals surface area contributed by atoms with Gasteiger partial charge < -0.3 is 10.0 Å². The van der Waals surface area contributed by atoms with Crippen molar-refractivity contribution in [3.8, 4) is 5.75 Å². The fraction of sp³-hybridized carbons (Fsp3) is 0.667. The number of nitrogens with zero attached hydrogens (tertiary/aromatic N) is 2. The molecule has 0 unspecified atom stereocenters. The van der Waals surface area contributed by atoms with Crippen LogP contribution in [0.4, 0.5) is 0 Å². The quantitative estimate of drug-likeness (QED) is 0.889. The Balaban J connectivity index is 1.89. The summed E-state index contributed by atoms with van der Waals surface area (Å²) in [4.78, 5) is 6.70. The second-order valence-electron chi connectivity index (χ2n) is 5.62. The second kappa shape index (κ2) is 6.19. The van der Waals surface area contributed by atoms with Gasteiger partial charge in [0.25, 0.3) is 0 Å². The number of aromatic nitrogens is 1. The zero-order valence-electron chi connectivity index (χ0n) is 11.5. The third-order valence-electron chi connectivity index (χ3n) is 3.80. The van der Waals surface area contributed by atoms with Gasteiger partial charge in [-0.15, -0.1) is 0 Å². The summed E-state index contributed by atoms with van der Waals surface area (Å²) in [5, 5.41) is 9.80. The Morgan fingerprint density at radius 3 is 2.72 bits per heavy atom. The Kier molecular flexibility index (Phi) is 4.59. The zero-order valence-corrected chi connectivity index (χ0v) is 11.5. The highest BCUT2D eigenvalue weighted by atomic mass is 16.3. The molecule has 2 rings (SSSR count). The Hall–Kier alpha value is -1.09. The van der Waals surface area contributed by atoms with Gasteiger partial charge in [-0.3, -0.25) is 4.98 Å². The van der Waals surface area contributed by atoms with Crippen molar-refractivity contribution in [1.29, 1.82) is 0 Å². The van der Waals surface area contributed by atoms with Gasteiger partial charge in [0.05, 0.1) is 5.69 Å². The molecule has 1 fully saturated rings. The summed E-state index contributed by atoms with van der Waals surface area (Å²) < 4.78 is 0. The van der Waals surface area contributed by atoms with Gasteiger partial charge in [0, 0.05) is 18.8 Å². The van der Waals surface area contributed by atoms with Crippen LogP contribution in [0.25, 0.3) is 0 Å². The maximum Gasteiger partial charge on any atom is 0.138 e. The van der Waals surface area contributed by atoms with Crippen molar-refractivity contribution in [3.05, 3.63) is 23.5 Å². The number of pyridine rings is 1. The molecule has 0 saturated heterocycles. The van der Waals surface area contributed by atoms with E-state index in [4.69, 9.17) is 0 Å². The molecule has 0 atom stereocenters. The van der Waals surface area contributed by atoms with Crippen molar-refractivity contribution in [2.75, 3.05) is 13.6 Å². The number of aromatic hydroxyl groups is 1. The van der Waals surface area contributed by atoms with E-state index in [1.54, 1.807) is 6.07 Å². The second-order valence-corrected chi connectivity index (χ2v) is 5.62. The molecular weight excluding hydrogens is 224 g/mol. The van der Waals surface area contributed by atoms with Crippen LogP contribution in [-0.4, -0.2) is 28.6 Å². The molecule has 1 aliphatic carbocycles. The van der Waals surface area contributed by atoms with Crippen LogP contribution in [0.15, 0.2) is 12.1 Å². The highest BCUT2D eigenvalue weighted by Crippen LogP contribution is 2.25. The lowest BCUT2D eigenvalue weighted by molar-refractivity contribution is 0.224. The summed E-state index contributed by atoms with van der Waals surface area (Å²) in [5.41, 5.74) is 1.77. The number of aryl methyl sites for hydroxylation is 1. The smallest absolute Gasteiger partial charge is 0.138 e. The third kappa shape index (κ3) is 3.70. The summed E-state index contributed by atoms with van der Waals surface area (Å²) in [6, 6.07) is 3.59. The van der Waals surface area contributed by atoms with E-state index in [1.165, 1.54) is 32.1 Å². The number of hydrogen-bond acceptors (Lipinski definition) is 3. The van der Waals surface area contributed by atoms with Crippen LogP contribution < -0.4 is 0 Å². The van der Waals surface area contributed by atoms with Gasteiger partial charge in [-0.25, -0.2) is 0 Å². The maximum absolute atomic E-state index is 9.80. The van der Waals surface area contributed by atoms with Gasteiger partial charge in [-0.2, -0.15) is 0 Å². The lowest BCUT2D eigenvalue weighted by atomic mass is 9.89. The third-order valence-corrected chi connectivity index (χ3v) is 3.80. The average Bonchev–Trinajstić information content (AvgIpc) is 2.35. The van der Waals surface area contributed by atoms with Crippen LogP contribution in [0.3, 0.4) is 0 Å². The first kappa shape index (κ1) is 13.3. The number of rotatable bonds is 4. The van der Waals surface area contributed by atoms with Crippen LogP contribution in [0.2, 0.25) is 0 Å². The predicted octanol–water partition coefficient (Wildman–Crippen LogP) is 3.11. The van der Waals surface area contributed by atoms with E-state index in [0.29, 0.717) is 5.75 Å². The molecule has 0 aromatic carbocycles. The minimum atomic E-state index is 0.316. The highest BCUT2D eigenvalue weighted by molar-refractivity contribution is 5.27. The Labute approximate surface area is 110 Å². The van der Waals surface area contributed by atoms with E-state index in [0.717, 1.165) is 30.4 Å². The van der Waals surface area contributed by atoms with Crippen LogP contribution in [0, 0.1) is 12.8 Å². The van der Waals surface area contributed by atoms with Gasteiger partial charge in [-0.1, -0.05) is 19.3 Å². The fourth-order valence-electron chi connectivity index (χ4n) is 2.85. The molecule has 18 heavy (non-hydrogen) atoms. The van der Waals surface area contributed by atoms with Crippen molar-refractivity contribution >= 4 is 0 Å². The lowest BCUT2D eigenvalue weighted by Crippen LogP contribution is -2.27. The Morgan fingerprint density at radius 1 is 1.28 bits per heavy atom. The lowest BCUT2D eigenvalue weighted by Gasteiger charge is -2.26. The van der Waals surface area contributed by atoms with Gasteiger partial charge >= 0.3 is 0 Å². The molecule has 3 heteroatoms. The standard InChI is InChI=1S/C15H24N2O/c1-12-8-9-15(18)14(16-12)11-17(2)10-13-6-4-3-5-7-13/h8-9,13,18H,3-7,10-11H2,1-2H3. The minimum Gasteiger partial charge on any atom is -0.506 e. The largest absolute Gasteiger partial charge is 0.506 e. The monoisotopic (exact) mass is 248 g/mol. The summed E-state index contributed by atoms with van der Waals surface area (Å²) in [7, 11) is 2.12. The predicted molar refractivity (Wildman–Crippen MR) is 73.5 cm³/mol. The molecule has 3 nitrogen and oxygen atoms in total. The topological polar surface area (TPSA) is 36.4 Å². The first-order valence-electron chi connectivity index (χ1n) is 6.99. The summed E-state index contributed by atoms with van der Waals surface area (Å²) >= 11 is 0. The maximum atomic E-state index is 9.80. The van der Waals surface area contributed by atoms with E-state index in [1.807, 2.05) is 13.0 Å². The first-order chi connectivity index (χ1) is 8.65. The molecule has 1 saturated carbocycles. The van der Waals surface area contributed by atoms with Crippen molar-refractivity contribution in [2.45, 2.75) is 45.6 Å². The Morgan fingerprint density at radius 2 is 2.00 bits per heavy atom. The van der Waals surface area contributed by atoms with Gasteiger partial charge in [0.1, 0.15) is 5.75 Å². The normalized spacial score (nSPS) is 17.3. The molecule has 0 spiro atoms. The van der Waals surface area contributed by atoms with Gasteiger partial charge in [0.2, 0.25) is 0 Å². The summed E-state index contributed by atoms with van der Waals surface area (Å²) in [6.07, 6.45) is 6.88. The van der Waals surface area contributed by atoms with Gasteiger partial charge in [-0.05, 0) is 44.9 Å². The van der Waals surface area contributed by atoms with Crippen LogP contribution >= 0.6 is 0 Å². The van der Waals surface area contributed by atoms with Crippen molar-refractivity contribution in [2.24, 2.45) is 5.92 Å². The number of hydrogen-bond donors (Lipinski definition) is 1. The highest BCUT2D eigenvalue weighted by Gasteiger charge is 2.16. The molecule has 1 aromatic rings. The summed E-state index contributed by atoms with van der Waals surface area (Å²) in [5.74, 6) is 1.15. The van der Waals surface area contributed by atoms with Crippen LogP contribution in [0.5, 0.6) is 5.75 Å². The average molecular weight is 248 g/mol. The van der Waals surface area contributed by atoms with Crippen LogP contribution in [0.1, 0.15) is 43.5 Å². The first-order valence-corrected chi connectivity index (χ1v) is 6.99. The molecule has 0 radical (unpaired) electrons. The van der Waals surface area contributed by atoms with E-state index < -0.39 is 0 Å². The SMILES string of the molecule is Cc1ccc(O)c(CN(C)CC2CCCCC2)n1. The molecule has 1 N–H and O–H groups in total. The molecule has 1 aromatic heterocycles. The van der Waals surface area contributed by atoms with E-state index in [-0.39, 0.29) is 0 Å². The minimum absolute atomic E-state index is 0.316. The summed E-state index contributed by atoms with van der Waals surface area (Å²) in [6.45, 7) is 3.82. The molecule has 1 heterocycles. The van der Waals surface area contributed by atoms with E-state index >= 15 is 0 Å². The van der Waals surface area contributed by atoms with Crippen LogP contribution in [-0.2, 0) is 6.54 Å². The van der Waals surface area contributed by atoms with Crippen molar-refractivity contribution in [1.82, 2.24) is 9.88 Å². The van der Waals surface area contributed by atoms with Gasteiger partial charge in [0.15, 0.2) is 0 Å². The Bertz CT molecular complexity index is 386. The molecule has 0 aliphatic heterocycles. The molecule has 0 amide bonds. The van der Waals surface area contributed by atoms with Crippen molar-refractivity contribution < 1.29 is 5.11 Å². The molecule has 1 aliphatic rings. The van der Waals surface area contributed by atoms with Crippen molar-refractivity contribution in [3.63, 3.8) is 0 Å². The molecule has 100 valence electrons. The van der Waals surface area contributed by atoms with E-state index in [9.17, 15) is 5.11 Å².